The summed E-state index contributed by atoms with van der Waals surface area (Å²) in [5.41, 5.74) is 0.0165. The van der Waals surface area contributed by atoms with E-state index in [1.165, 1.54) is 12.1 Å². The Morgan fingerprint density at radius 3 is 2.32 bits per heavy atom. The van der Waals surface area contributed by atoms with Crippen LogP contribution in [0.3, 0.4) is 0 Å². The van der Waals surface area contributed by atoms with E-state index in [1.807, 2.05) is 6.92 Å². The second kappa shape index (κ2) is 9.66. The fourth-order valence-electron chi connectivity index (χ4n) is 5.99. The first-order valence-corrected chi connectivity index (χ1v) is 14.0. The van der Waals surface area contributed by atoms with Crippen LogP contribution in [-0.2, 0) is 15.4 Å². The Bertz CT molecular complexity index is 1510. The summed E-state index contributed by atoms with van der Waals surface area (Å²) in [5.74, 6) is -6.04. The highest BCUT2D eigenvalue weighted by Crippen LogP contribution is 2.57. The van der Waals surface area contributed by atoms with Crippen LogP contribution < -0.4 is 5.32 Å². The minimum Gasteiger partial charge on any atom is -0.385 e. The number of rotatable bonds is 5. The van der Waals surface area contributed by atoms with Gasteiger partial charge in [0, 0.05) is 35.8 Å². The number of amides is 1. The molecule has 1 heterocycles. The number of aliphatic hydroxyl groups is 1. The lowest BCUT2D eigenvalue weighted by atomic mass is 9.69. The fourth-order valence-corrected chi connectivity index (χ4v) is 8.39. The number of nitrogens with zero attached hydrogens (tertiary/aromatic N) is 1. The molecule has 2 aliphatic carbocycles. The predicted molar refractivity (Wildman–Crippen MR) is 135 cm³/mol. The number of fused-ring (bicyclic) bond motifs is 2. The average molecular weight is 565 g/mol. The summed E-state index contributed by atoms with van der Waals surface area (Å²) in [5, 5.41) is 13.1. The number of hydrogen-bond acceptors (Lipinski definition) is 5. The maximum atomic E-state index is 13.8. The van der Waals surface area contributed by atoms with Gasteiger partial charge in [0.2, 0.25) is 0 Å². The zero-order valence-electron chi connectivity index (χ0n) is 20.2. The maximum Gasteiger partial charge on any atom is 0.255 e. The van der Waals surface area contributed by atoms with Gasteiger partial charge < -0.3 is 10.4 Å². The topological polar surface area (TPSA) is 96.4 Å². The van der Waals surface area contributed by atoms with Crippen LogP contribution in [0, 0.1) is 36.2 Å². The van der Waals surface area contributed by atoms with Gasteiger partial charge in [-0.2, -0.15) is 0 Å². The molecule has 5 rings (SSSR count). The summed E-state index contributed by atoms with van der Waals surface area (Å²) in [7, 11) is -4.01. The molecule has 2 aromatic carbocycles. The third kappa shape index (κ3) is 4.38. The van der Waals surface area contributed by atoms with Gasteiger partial charge in [-0.15, -0.1) is 0 Å². The number of benzene rings is 2. The Hall–Kier alpha value is -2.95. The first kappa shape index (κ1) is 26.6. The number of sulfone groups is 1. The molecule has 6 nitrogen and oxygen atoms in total. The molecule has 2 N–H and O–H groups in total. The van der Waals surface area contributed by atoms with Crippen molar-refractivity contribution < 1.29 is 31.5 Å². The molecule has 3 aromatic rings. The minimum atomic E-state index is -4.01. The van der Waals surface area contributed by atoms with Crippen LogP contribution in [0.5, 0.6) is 0 Å². The van der Waals surface area contributed by atoms with Gasteiger partial charge in [0.05, 0.1) is 20.8 Å². The SMILES string of the molecule is Cc1cnccc1C1(O)C2CCC1CC(S(=O)(=O)c1cc(C(=O)Nc3cc(F)c(F)c(F)c3)ccc1Cl)C2. The maximum absolute atomic E-state index is 13.8. The van der Waals surface area contributed by atoms with Crippen molar-refractivity contribution in [2.75, 3.05) is 5.32 Å². The number of carbonyl (C=O) groups excluding carboxylic acids is 1. The van der Waals surface area contributed by atoms with Gasteiger partial charge in [0.25, 0.3) is 5.91 Å². The van der Waals surface area contributed by atoms with Gasteiger partial charge in [-0.3, -0.25) is 9.78 Å². The van der Waals surface area contributed by atoms with E-state index in [0.717, 1.165) is 17.2 Å². The molecule has 2 bridgehead atoms. The highest BCUT2D eigenvalue weighted by molar-refractivity contribution is 7.92. The number of halogens is 4. The smallest absolute Gasteiger partial charge is 0.255 e. The molecule has 1 amide bonds. The van der Waals surface area contributed by atoms with Crippen LogP contribution >= 0.6 is 11.6 Å². The highest BCUT2D eigenvalue weighted by Gasteiger charge is 2.57. The number of aryl methyl sites for hydroxylation is 1. The van der Waals surface area contributed by atoms with Crippen molar-refractivity contribution in [1.29, 1.82) is 0 Å². The van der Waals surface area contributed by atoms with Crippen LogP contribution in [-0.4, -0.2) is 29.7 Å². The average Bonchev–Trinajstić information content (AvgIpc) is 3.03. The Morgan fingerprint density at radius 2 is 1.71 bits per heavy atom. The zero-order valence-corrected chi connectivity index (χ0v) is 21.8. The molecule has 38 heavy (non-hydrogen) atoms. The lowest BCUT2D eigenvalue weighted by molar-refractivity contribution is -0.0652. The summed E-state index contributed by atoms with van der Waals surface area (Å²) in [6.45, 7) is 1.87. The van der Waals surface area contributed by atoms with Gasteiger partial charge >= 0.3 is 0 Å². The lowest BCUT2D eigenvalue weighted by Gasteiger charge is -2.43. The Morgan fingerprint density at radius 1 is 1.08 bits per heavy atom. The number of nitrogens with one attached hydrogen (secondary N) is 1. The summed E-state index contributed by atoms with van der Waals surface area (Å²) >= 11 is 6.28. The van der Waals surface area contributed by atoms with Crippen LogP contribution in [0.1, 0.15) is 47.2 Å². The van der Waals surface area contributed by atoms with Crippen molar-refractivity contribution in [2.24, 2.45) is 11.8 Å². The minimum absolute atomic E-state index is 0.0708. The van der Waals surface area contributed by atoms with E-state index in [9.17, 15) is 31.5 Å². The van der Waals surface area contributed by atoms with Crippen molar-refractivity contribution in [2.45, 2.75) is 48.4 Å². The molecule has 2 aliphatic rings. The molecular formula is C27H24ClF3N2O4S. The molecule has 200 valence electrons. The molecule has 1 aromatic heterocycles. The van der Waals surface area contributed by atoms with E-state index in [1.54, 1.807) is 18.5 Å². The second-order valence-corrected chi connectivity index (χ2v) is 12.6. The Balaban J connectivity index is 1.41. The summed E-state index contributed by atoms with van der Waals surface area (Å²) in [6, 6.07) is 6.69. The van der Waals surface area contributed by atoms with Crippen molar-refractivity contribution in [3.63, 3.8) is 0 Å². The molecule has 2 unspecified atom stereocenters. The van der Waals surface area contributed by atoms with Crippen LogP contribution in [0.4, 0.5) is 18.9 Å². The van der Waals surface area contributed by atoms with E-state index in [2.05, 4.69) is 10.3 Å². The number of anilines is 1. The Kier molecular flexibility index (Phi) is 6.77. The summed E-state index contributed by atoms with van der Waals surface area (Å²) in [4.78, 5) is 16.6. The van der Waals surface area contributed by atoms with Gasteiger partial charge in [-0.1, -0.05) is 11.6 Å². The van der Waals surface area contributed by atoms with Crippen molar-refractivity contribution in [3.8, 4) is 0 Å². The molecule has 0 saturated heterocycles. The standard InChI is InChI=1S/C27H24ClF3N2O4S/c1-14-13-32-7-6-20(14)27(35)16-3-4-17(27)10-19(9-16)38(36,37)24-8-15(2-5-21(24)28)26(34)33-18-11-22(29)25(31)23(30)12-18/h2,5-8,11-13,16-17,19,35H,3-4,9-10H2,1H3,(H,33,34). The summed E-state index contributed by atoms with van der Waals surface area (Å²) < 4.78 is 67.8. The van der Waals surface area contributed by atoms with Crippen LogP contribution in [0.25, 0.3) is 0 Å². The number of hydrogen-bond donors (Lipinski definition) is 2. The molecule has 2 fully saturated rings. The van der Waals surface area contributed by atoms with Gasteiger partial charge in [-0.05, 0) is 79.8 Å². The second-order valence-electron chi connectivity index (χ2n) is 9.98. The van der Waals surface area contributed by atoms with E-state index >= 15 is 0 Å². The largest absolute Gasteiger partial charge is 0.385 e. The van der Waals surface area contributed by atoms with E-state index in [4.69, 9.17) is 11.6 Å². The molecular weight excluding hydrogens is 541 g/mol. The molecule has 0 radical (unpaired) electrons. The quantitative estimate of drug-likeness (QED) is 0.395. The van der Waals surface area contributed by atoms with Crippen molar-refractivity contribution >= 4 is 33.0 Å². The molecule has 0 spiro atoms. The normalized spacial score (nSPS) is 24.8. The number of aromatic nitrogens is 1. The predicted octanol–water partition coefficient (Wildman–Crippen LogP) is 5.56. The van der Waals surface area contributed by atoms with Gasteiger partial charge in [-0.25, -0.2) is 21.6 Å². The van der Waals surface area contributed by atoms with E-state index in [-0.39, 0.29) is 45.8 Å². The van der Waals surface area contributed by atoms with Gasteiger partial charge in [0.15, 0.2) is 27.3 Å². The third-order valence-electron chi connectivity index (χ3n) is 7.84. The van der Waals surface area contributed by atoms with Crippen LogP contribution in [0.15, 0.2) is 53.7 Å². The monoisotopic (exact) mass is 564 g/mol. The van der Waals surface area contributed by atoms with E-state index in [0.29, 0.717) is 25.0 Å². The fraction of sp³-hybridized carbons (Fsp3) is 0.333. The molecule has 0 aliphatic heterocycles. The molecule has 2 atom stereocenters. The number of carbonyl (C=O) groups is 1. The highest BCUT2D eigenvalue weighted by atomic mass is 35.5. The Labute approximate surface area is 222 Å². The van der Waals surface area contributed by atoms with E-state index < -0.39 is 44.0 Å². The molecule has 2 saturated carbocycles. The first-order valence-electron chi connectivity index (χ1n) is 12.1. The first-order chi connectivity index (χ1) is 17.9. The molecule has 11 heteroatoms. The van der Waals surface area contributed by atoms with Crippen LogP contribution in [0.2, 0.25) is 5.02 Å². The summed E-state index contributed by atoms with van der Waals surface area (Å²) in [6.07, 6.45) is 5.09. The van der Waals surface area contributed by atoms with Gasteiger partial charge in [0.1, 0.15) is 0 Å². The van der Waals surface area contributed by atoms with Crippen molar-refractivity contribution in [1.82, 2.24) is 4.98 Å². The zero-order chi connectivity index (χ0) is 27.4. The lowest BCUT2D eigenvalue weighted by Crippen LogP contribution is -2.46. The number of pyridine rings is 1. The van der Waals surface area contributed by atoms with Crippen molar-refractivity contribution in [3.05, 3.63) is 88.0 Å². The third-order valence-corrected chi connectivity index (χ3v) is 10.5.